The minimum absolute atomic E-state index is 0.439. The zero-order valence-corrected chi connectivity index (χ0v) is 11.6. The predicted octanol–water partition coefficient (Wildman–Crippen LogP) is 3.03. The van der Waals surface area contributed by atoms with Gasteiger partial charge in [0.2, 0.25) is 0 Å². The summed E-state index contributed by atoms with van der Waals surface area (Å²) in [5.41, 5.74) is 9.09. The average Bonchev–Trinajstić information content (AvgIpc) is 3.00. The molecule has 2 aliphatic rings. The van der Waals surface area contributed by atoms with E-state index in [9.17, 15) is 0 Å². The monoisotopic (exact) mass is 244 g/mol. The molecule has 1 aliphatic heterocycles. The number of nitrogens with zero attached hydrogens (tertiary/aromatic N) is 1. The van der Waals surface area contributed by atoms with Gasteiger partial charge in [-0.25, -0.2) is 0 Å². The number of hydrogen-bond acceptors (Lipinski definition) is 2. The van der Waals surface area contributed by atoms with Crippen LogP contribution in [-0.2, 0) is 5.41 Å². The summed E-state index contributed by atoms with van der Waals surface area (Å²) >= 11 is 0. The number of hydrogen-bond donors (Lipinski definition) is 1. The van der Waals surface area contributed by atoms with Crippen molar-refractivity contribution in [1.29, 1.82) is 0 Å². The first-order valence-corrected chi connectivity index (χ1v) is 7.08. The highest BCUT2D eigenvalue weighted by Gasteiger charge is 2.46. The highest BCUT2D eigenvalue weighted by molar-refractivity contribution is 5.43. The molecule has 1 saturated heterocycles. The quantitative estimate of drug-likeness (QED) is 0.828. The first kappa shape index (κ1) is 12.0. The Kier molecular flexibility index (Phi) is 2.67. The van der Waals surface area contributed by atoms with Gasteiger partial charge < -0.3 is 10.6 Å². The molecule has 1 saturated carbocycles. The Morgan fingerprint density at radius 2 is 1.78 bits per heavy atom. The maximum absolute atomic E-state index is 5.78. The Labute approximate surface area is 110 Å². The van der Waals surface area contributed by atoms with E-state index in [1.807, 2.05) is 12.1 Å². The largest absolute Gasteiger partial charge is 0.399 e. The normalized spacial score (nSPS) is 25.2. The number of anilines is 1. The van der Waals surface area contributed by atoms with Crippen LogP contribution in [0.4, 0.5) is 5.69 Å². The van der Waals surface area contributed by atoms with Crippen molar-refractivity contribution in [3.8, 4) is 0 Å². The Balaban J connectivity index is 1.71. The van der Waals surface area contributed by atoms with Gasteiger partial charge >= 0.3 is 0 Å². The van der Waals surface area contributed by atoms with Crippen molar-refractivity contribution in [3.05, 3.63) is 29.8 Å². The van der Waals surface area contributed by atoms with E-state index in [2.05, 4.69) is 30.9 Å². The van der Waals surface area contributed by atoms with Gasteiger partial charge in [0.1, 0.15) is 0 Å². The van der Waals surface area contributed by atoms with E-state index in [-0.39, 0.29) is 0 Å². The van der Waals surface area contributed by atoms with E-state index < -0.39 is 0 Å². The Hall–Kier alpha value is -1.02. The molecule has 1 aliphatic carbocycles. The van der Waals surface area contributed by atoms with Crippen molar-refractivity contribution in [2.75, 3.05) is 25.4 Å². The number of benzene rings is 1. The van der Waals surface area contributed by atoms with Crippen LogP contribution in [0, 0.1) is 5.41 Å². The molecule has 1 heterocycles. The molecular formula is C16H24N2. The van der Waals surface area contributed by atoms with Crippen LogP contribution >= 0.6 is 0 Å². The third-order valence-electron chi connectivity index (χ3n) is 4.66. The predicted molar refractivity (Wildman–Crippen MR) is 76.6 cm³/mol. The molecule has 2 nitrogen and oxygen atoms in total. The van der Waals surface area contributed by atoms with Crippen molar-refractivity contribution in [3.63, 3.8) is 0 Å². The lowest BCUT2D eigenvalue weighted by Gasteiger charge is -2.25. The van der Waals surface area contributed by atoms with E-state index in [1.165, 1.54) is 44.5 Å². The van der Waals surface area contributed by atoms with Gasteiger partial charge in [0, 0.05) is 24.2 Å². The molecule has 1 aromatic carbocycles. The molecule has 0 unspecified atom stereocenters. The molecule has 0 atom stereocenters. The lowest BCUT2D eigenvalue weighted by Crippen LogP contribution is -2.32. The molecule has 0 aromatic heterocycles. The van der Waals surface area contributed by atoms with Crippen LogP contribution in [-0.4, -0.2) is 24.5 Å². The SMILES string of the molecule is CC1(C)CCN(CC2(c3ccc(N)cc3)CC2)C1. The summed E-state index contributed by atoms with van der Waals surface area (Å²) in [7, 11) is 0. The second-order valence-corrected chi connectivity index (χ2v) is 7.03. The molecule has 0 amide bonds. The zero-order chi connectivity index (χ0) is 12.8. The van der Waals surface area contributed by atoms with Gasteiger partial charge in [0.05, 0.1) is 0 Å². The lowest BCUT2D eigenvalue weighted by molar-refractivity contribution is 0.268. The molecule has 3 rings (SSSR count). The van der Waals surface area contributed by atoms with Crippen molar-refractivity contribution in [2.45, 2.75) is 38.5 Å². The Morgan fingerprint density at radius 3 is 2.28 bits per heavy atom. The van der Waals surface area contributed by atoms with Gasteiger partial charge in [-0.3, -0.25) is 0 Å². The molecule has 2 N–H and O–H groups in total. The van der Waals surface area contributed by atoms with Crippen molar-refractivity contribution >= 4 is 5.69 Å². The molecule has 0 radical (unpaired) electrons. The second-order valence-electron chi connectivity index (χ2n) is 7.03. The van der Waals surface area contributed by atoms with Crippen LogP contribution in [0.15, 0.2) is 24.3 Å². The number of likely N-dealkylation sites (tertiary alicyclic amines) is 1. The first-order valence-electron chi connectivity index (χ1n) is 7.08. The van der Waals surface area contributed by atoms with Gasteiger partial charge in [-0.2, -0.15) is 0 Å². The summed E-state index contributed by atoms with van der Waals surface area (Å²) in [6.07, 6.45) is 4.02. The first-order chi connectivity index (χ1) is 8.49. The maximum Gasteiger partial charge on any atom is 0.0314 e. The fourth-order valence-electron chi connectivity index (χ4n) is 3.31. The Bertz CT molecular complexity index is 429. The van der Waals surface area contributed by atoms with Crippen LogP contribution in [0.5, 0.6) is 0 Å². The van der Waals surface area contributed by atoms with E-state index >= 15 is 0 Å². The highest BCUT2D eigenvalue weighted by atomic mass is 15.2. The fraction of sp³-hybridized carbons (Fsp3) is 0.625. The second kappa shape index (κ2) is 3.99. The fourth-order valence-corrected chi connectivity index (χ4v) is 3.31. The van der Waals surface area contributed by atoms with Crippen molar-refractivity contribution in [1.82, 2.24) is 4.90 Å². The van der Waals surface area contributed by atoms with Crippen LogP contribution < -0.4 is 5.73 Å². The van der Waals surface area contributed by atoms with Crippen LogP contribution in [0.1, 0.15) is 38.7 Å². The highest BCUT2D eigenvalue weighted by Crippen LogP contribution is 2.49. The third-order valence-corrected chi connectivity index (χ3v) is 4.66. The topological polar surface area (TPSA) is 29.3 Å². The van der Waals surface area contributed by atoms with E-state index in [0.717, 1.165) is 5.69 Å². The molecule has 18 heavy (non-hydrogen) atoms. The zero-order valence-electron chi connectivity index (χ0n) is 11.6. The molecule has 2 fully saturated rings. The van der Waals surface area contributed by atoms with E-state index in [4.69, 9.17) is 5.73 Å². The number of rotatable bonds is 3. The van der Waals surface area contributed by atoms with Gasteiger partial charge in [-0.15, -0.1) is 0 Å². The van der Waals surface area contributed by atoms with E-state index in [0.29, 0.717) is 10.8 Å². The van der Waals surface area contributed by atoms with Crippen LogP contribution in [0.2, 0.25) is 0 Å². The number of nitrogen functional groups attached to an aromatic ring is 1. The van der Waals surface area contributed by atoms with Crippen molar-refractivity contribution < 1.29 is 0 Å². The Morgan fingerprint density at radius 1 is 1.11 bits per heavy atom. The molecule has 0 spiro atoms. The molecule has 98 valence electrons. The van der Waals surface area contributed by atoms with Crippen molar-refractivity contribution in [2.24, 2.45) is 5.41 Å². The van der Waals surface area contributed by atoms with Gasteiger partial charge in [-0.05, 0) is 48.9 Å². The molecule has 0 bridgehead atoms. The van der Waals surface area contributed by atoms with Crippen LogP contribution in [0.3, 0.4) is 0 Å². The summed E-state index contributed by atoms with van der Waals surface area (Å²) in [6, 6.07) is 8.54. The van der Waals surface area contributed by atoms with Gasteiger partial charge in [-0.1, -0.05) is 26.0 Å². The minimum atomic E-state index is 0.439. The molecular weight excluding hydrogens is 220 g/mol. The smallest absolute Gasteiger partial charge is 0.0314 e. The number of nitrogens with two attached hydrogens (primary N) is 1. The van der Waals surface area contributed by atoms with Gasteiger partial charge in [0.25, 0.3) is 0 Å². The summed E-state index contributed by atoms with van der Waals surface area (Å²) < 4.78 is 0. The molecule has 2 heteroatoms. The standard InChI is InChI=1S/C16H24N2/c1-15(2)9-10-18(11-15)12-16(7-8-16)13-3-5-14(17)6-4-13/h3-6H,7-12,17H2,1-2H3. The molecule has 1 aromatic rings. The van der Waals surface area contributed by atoms with Crippen LogP contribution in [0.25, 0.3) is 0 Å². The minimum Gasteiger partial charge on any atom is -0.399 e. The summed E-state index contributed by atoms with van der Waals surface area (Å²) in [4.78, 5) is 2.66. The lowest BCUT2D eigenvalue weighted by atomic mass is 9.92. The maximum atomic E-state index is 5.78. The summed E-state index contributed by atoms with van der Waals surface area (Å²) in [6.45, 7) is 8.53. The summed E-state index contributed by atoms with van der Waals surface area (Å²) in [5.74, 6) is 0. The van der Waals surface area contributed by atoms with E-state index in [1.54, 1.807) is 0 Å². The van der Waals surface area contributed by atoms with Gasteiger partial charge in [0.15, 0.2) is 0 Å². The third kappa shape index (κ3) is 2.26. The summed E-state index contributed by atoms with van der Waals surface area (Å²) in [5, 5.41) is 0. The average molecular weight is 244 g/mol.